The molecule has 2 rings (SSSR count). The van der Waals surface area contributed by atoms with Crippen molar-refractivity contribution < 1.29 is 14.3 Å². The van der Waals surface area contributed by atoms with Crippen LogP contribution in [-0.2, 0) is 9.53 Å². The maximum absolute atomic E-state index is 11.8. The van der Waals surface area contributed by atoms with Gasteiger partial charge in [0.05, 0.1) is 18.2 Å². The molecule has 1 aliphatic heterocycles. The zero-order chi connectivity index (χ0) is 13.8. The number of halogens is 1. The fourth-order valence-corrected chi connectivity index (χ4v) is 2.31. The highest BCUT2D eigenvalue weighted by Crippen LogP contribution is 2.25. The smallest absolute Gasteiger partial charge is 0.244 e. The maximum Gasteiger partial charge on any atom is 0.244 e. The second kappa shape index (κ2) is 6.04. The highest BCUT2D eigenvalue weighted by Gasteiger charge is 2.29. The fourth-order valence-electron chi connectivity index (χ4n) is 2.09. The van der Waals surface area contributed by atoms with Crippen LogP contribution in [0.2, 0.25) is 5.02 Å². The molecule has 1 atom stereocenters. The molecule has 1 amide bonds. The Hall–Kier alpha value is -1.59. The SMILES string of the molecule is CNC(=O)C1COCCN1c1ccc(C=O)c(Cl)c1. The molecule has 0 radical (unpaired) electrons. The average Bonchev–Trinajstić information content (AvgIpc) is 2.46. The van der Waals surface area contributed by atoms with Crippen LogP contribution in [0, 0.1) is 0 Å². The monoisotopic (exact) mass is 282 g/mol. The van der Waals surface area contributed by atoms with Gasteiger partial charge in [-0.1, -0.05) is 11.6 Å². The van der Waals surface area contributed by atoms with Gasteiger partial charge in [-0.25, -0.2) is 0 Å². The van der Waals surface area contributed by atoms with E-state index in [1.807, 2.05) is 4.90 Å². The van der Waals surface area contributed by atoms with Crippen LogP contribution in [0.25, 0.3) is 0 Å². The van der Waals surface area contributed by atoms with Gasteiger partial charge < -0.3 is 15.0 Å². The van der Waals surface area contributed by atoms with E-state index in [0.29, 0.717) is 36.6 Å². The first-order chi connectivity index (χ1) is 9.17. The number of rotatable bonds is 3. The number of amides is 1. The molecule has 1 aromatic carbocycles. The normalized spacial score (nSPS) is 19.1. The van der Waals surface area contributed by atoms with Gasteiger partial charge in [0, 0.05) is 24.8 Å². The number of hydrogen-bond donors (Lipinski definition) is 1. The molecule has 1 aliphatic rings. The van der Waals surface area contributed by atoms with Gasteiger partial charge in [-0.05, 0) is 18.2 Å². The predicted octanol–water partition coefficient (Wildman–Crippen LogP) is 1.10. The Bertz CT molecular complexity index is 493. The molecule has 5 nitrogen and oxygen atoms in total. The number of ether oxygens (including phenoxy) is 1. The quantitative estimate of drug-likeness (QED) is 0.844. The van der Waals surface area contributed by atoms with Crippen LogP contribution in [0.4, 0.5) is 5.69 Å². The summed E-state index contributed by atoms with van der Waals surface area (Å²) in [5.41, 5.74) is 1.25. The molecule has 102 valence electrons. The van der Waals surface area contributed by atoms with Crippen molar-refractivity contribution in [2.24, 2.45) is 0 Å². The van der Waals surface area contributed by atoms with Crippen molar-refractivity contribution in [3.05, 3.63) is 28.8 Å². The summed E-state index contributed by atoms with van der Waals surface area (Å²) < 4.78 is 5.34. The number of likely N-dealkylation sites (N-methyl/N-ethyl adjacent to an activating group) is 1. The molecule has 1 aromatic rings. The van der Waals surface area contributed by atoms with Crippen LogP contribution in [-0.4, -0.2) is 45.0 Å². The van der Waals surface area contributed by atoms with E-state index in [4.69, 9.17) is 16.3 Å². The Morgan fingerprint density at radius 1 is 1.58 bits per heavy atom. The Morgan fingerprint density at radius 3 is 3.00 bits per heavy atom. The van der Waals surface area contributed by atoms with Gasteiger partial charge in [-0.3, -0.25) is 9.59 Å². The molecule has 1 heterocycles. The summed E-state index contributed by atoms with van der Waals surface area (Å²) in [7, 11) is 1.59. The Morgan fingerprint density at radius 2 is 2.37 bits per heavy atom. The number of aldehydes is 1. The molecular formula is C13H15ClN2O3. The van der Waals surface area contributed by atoms with Crippen molar-refractivity contribution >= 4 is 29.5 Å². The van der Waals surface area contributed by atoms with Crippen LogP contribution in [0.15, 0.2) is 18.2 Å². The van der Waals surface area contributed by atoms with Gasteiger partial charge in [-0.15, -0.1) is 0 Å². The zero-order valence-electron chi connectivity index (χ0n) is 10.6. The van der Waals surface area contributed by atoms with Gasteiger partial charge in [-0.2, -0.15) is 0 Å². The molecule has 1 saturated heterocycles. The van der Waals surface area contributed by atoms with E-state index >= 15 is 0 Å². The lowest BCUT2D eigenvalue weighted by Gasteiger charge is -2.36. The lowest BCUT2D eigenvalue weighted by Crippen LogP contribution is -2.53. The fraction of sp³-hybridized carbons (Fsp3) is 0.385. The van der Waals surface area contributed by atoms with Crippen LogP contribution < -0.4 is 10.2 Å². The third-order valence-corrected chi connectivity index (χ3v) is 3.45. The number of nitrogens with zero attached hydrogens (tertiary/aromatic N) is 1. The summed E-state index contributed by atoms with van der Waals surface area (Å²) in [5.74, 6) is -0.102. The van der Waals surface area contributed by atoms with Gasteiger partial charge in [0.15, 0.2) is 6.29 Å². The molecule has 0 spiro atoms. The lowest BCUT2D eigenvalue weighted by molar-refractivity contribution is -0.124. The highest BCUT2D eigenvalue weighted by atomic mass is 35.5. The van der Waals surface area contributed by atoms with Crippen molar-refractivity contribution in [1.82, 2.24) is 5.32 Å². The number of anilines is 1. The molecule has 1 fully saturated rings. The minimum absolute atomic E-state index is 0.102. The van der Waals surface area contributed by atoms with E-state index in [0.717, 1.165) is 5.69 Å². The molecule has 0 aliphatic carbocycles. The van der Waals surface area contributed by atoms with Crippen LogP contribution in [0.5, 0.6) is 0 Å². The summed E-state index contributed by atoms with van der Waals surface area (Å²) in [6.07, 6.45) is 0.710. The molecule has 1 unspecified atom stereocenters. The summed E-state index contributed by atoms with van der Waals surface area (Å²) in [5, 5.41) is 3.01. The Labute approximate surface area is 116 Å². The molecule has 0 bridgehead atoms. The van der Waals surface area contributed by atoms with Gasteiger partial charge in [0.1, 0.15) is 6.04 Å². The molecule has 0 saturated carbocycles. The summed E-state index contributed by atoms with van der Waals surface area (Å²) >= 11 is 6.02. The first-order valence-corrected chi connectivity index (χ1v) is 6.36. The first kappa shape index (κ1) is 13.8. The van der Waals surface area contributed by atoms with E-state index in [9.17, 15) is 9.59 Å². The summed E-state index contributed by atoms with van der Waals surface area (Å²) in [4.78, 5) is 24.5. The third kappa shape index (κ3) is 2.88. The van der Waals surface area contributed by atoms with E-state index < -0.39 is 0 Å². The number of carbonyl (C=O) groups excluding carboxylic acids is 2. The van der Waals surface area contributed by atoms with E-state index in [1.54, 1.807) is 25.2 Å². The zero-order valence-corrected chi connectivity index (χ0v) is 11.3. The molecule has 1 N–H and O–H groups in total. The second-order valence-corrected chi connectivity index (χ2v) is 4.63. The highest BCUT2D eigenvalue weighted by molar-refractivity contribution is 6.33. The van der Waals surface area contributed by atoms with Crippen molar-refractivity contribution in [2.75, 3.05) is 31.7 Å². The van der Waals surface area contributed by atoms with E-state index in [-0.39, 0.29) is 11.9 Å². The first-order valence-electron chi connectivity index (χ1n) is 5.98. The standard InChI is InChI=1S/C13H15ClN2O3/c1-15-13(18)12-8-19-5-4-16(12)10-3-2-9(7-17)11(14)6-10/h2-3,6-7,12H,4-5,8H2,1H3,(H,15,18). The van der Waals surface area contributed by atoms with E-state index in [1.165, 1.54) is 0 Å². The van der Waals surface area contributed by atoms with Crippen molar-refractivity contribution in [3.8, 4) is 0 Å². The van der Waals surface area contributed by atoms with Gasteiger partial charge in [0.25, 0.3) is 0 Å². The topological polar surface area (TPSA) is 58.6 Å². The Balaban J connectivity index is 2.29. The number of hydrogen-bond acceptors (Lipinski definition) is 4. The molecule has 0 aromatic heterocycles. The average molecular weight is 283 g/mol. The third-order valence-electron chi connectivity index (χ3n) is 3.12. The number of morpholine rings is 1. The molecule has 6 heteroatoms. The summed E-state index contributed by atoms with van der Waals surface area (Å²) in [6.45, 7) is 1.50. The van der Waals surface area contributed by atoms with Gasteiger partial charge in [0.2, 0.25) is 5.91 Å². The minimum Gasteiger partial charge on any atom is -0.377 e. The van der Waals surface area contributed by atoms with Crippen molar-refractivity contribution in [1.29, 1.82) is 0 Å². The lowest BCUT2D eigenvalue weighted by atomic mass is 10.1. The number of carbonyl (C=O) groups is 2. The van der Waals surface area contributed by atoms with E-state index in [2.05, 4.69) is 5.32 Å². The minimum atomic E-state index is -0.378. The van der Waals surface area contributed by atoms with Crippen molar-refractivity contribution in [2.45, 2.75) is 6.04 Å². The van der Waals surface area contributed by atoms with Crippen molar-refractivity contribution in [3.63, 3.8) is 0 Å². The van der Waals surface area contributed by atoms with Crippen LogP contribution in [0.1, 0.15) is 10.4 Å². The molecular weight excluding hydrogens is 268 g/mol. The van der Waals surface area contributed by atoms with Gasteiger partial charge >= 0.3 is 0 Å². The summed E-state index contributed by atoms with van der Waals surface area (Å²) in [6, 6.07) is 4.77. The molecule has 19 heavy (non-hydrogen) atoms. The predicted molar refractivity (Wildman–Crippen MR) is 72.9 cm³/mol. The number of benzene rings is 1. The maximum atomic E-state index is 11.8. The largest absolute Gasteiger partial charge is 0.377 e. The number of nitrogens with one attached hydrogen (secondary N) is 1. The second-order valence-electron chi connectivity index (χ2n) is 4.22. The Kier molecular flexibility index (Phi) is 4.39. The van der Waals surface area contributed by atoms with Crippen LogP contribution >= 0.6 is 11.6 Å². The van der Waals surface area contributed by atoms with Crippen LogP contribution in [0.3, 0.4) is 0 Å².